The van der Waals surface area contributed by atoms with Crippen molar-refractivity contribution in [2.75, 3.05) is 0 Å². The number of ketones is 2. The van der Waals surface area contributed by atoms with E-state index in [9.17, 15) is 19.5 Å². The molecule has 3 rings (SSSR count). The van der Waals surface area contributed by atoms with Crippen LogP contribution >= 0.6 is 0 Å². The summed E-state index contributed by atoms with van der Waals surface area (Å²) in [6.07, 6.45) is 2.48. The molecule has 0 fully saturated rings. The molecule has 0 unspecified atom stereocenters. The second-order valence-corrected chi connectivity index (χ2v) is 5.34. The van der Waals surface area contributed by atoms with Crippen LogP contribution in [-0.2, 0) is 4.79 Å². The van der Waals surface area contributed by atoms with E-state index in [1.807, 2.05) is 6.92 Å². The van der Waals surface area contributed by atoms with Gasteiger partial charge in [-0.2, -0.15) is 0 Å². The normalized spacial score (nSPS) is 15.4. The predicted octanol–water partition coefficient (Wildman–Crippen LogP) is 2.37. The smallest absolute Gasteiger partial charge is 0.198 e. The van der Waals surface area contributed by atoms with Crippen LogP contribution in [-0.4, -0.2) is 16.7 Å². The van der Waals surface area contributed by atoms with E-state index < -0.39 is 11.2 Å². The highest BCUT2D eigenvalue weighted by Gasteiger charge is 2.37. The van der Waals surface area contributed by atoms with Crippen LogP contribution in [0.25, 0.3) is 5.57 Å². The largest absolute Gasteiger partial charge is 0.504 e. The lowest BCUT2D eigenvalue weighted by Gasteiger charge is -2.16. The van der Waals surface area contributed by atoms with E-state index in [2.05, 4.69) is 0 Å². The van der Waals surface area contributed by atoms with Gasteiger partial charge >= 0.3 is 0 Å². The number of allylic oxidation sites excluding steroid dienone is 4. The van der Waals surface area contributed by atoms with Crippen LogP contribution in [0.3, 0.4) is 0 Å². The predicted molar refractivity (Wildman–Crippen MR) is 79.9 cm³/mol. The van der Waals surface area contributed by atoms with E-state index in [1.54, 1.807) is 13.0 Å². The van der Waals surface area contributed by atoms with E-state index in [0.717, 1.165) is 12.1 Å². The van der Waals surface area contributed by atoms with Crippen molar-refractivity contribution in [2.24, 2.45) is 0 Å². The van der Waals surface area contributed by atoms with Crippen molar-refractivity contribution in [1.29, 1.82) is 0 Å². The zero-order valence-electron chi connectivity index (χ0n) is 12.2. The lowest BCUT2D eigenvalue weighted by Crippen LogP contribution is -2.11. The van der Waals surface area contributed by atoms with E-state index in [-0.39, 0.29) is 34.8 Å². The van der Waals surface area contributed by atoms with Crippen LogP contribution in [0.1, 0.15) is 42.6 Å². The molecule has 112 valence electrons. The molecule has 0 radical (unpaired) electrons. The van der Waals surface area contributed by atoms with E-state index in [4.69, 9.17) is 4.74 Å². The van der Waals surface area contributed by atoms with Crippen LogP contribution < -0.4 is 10.2 Å². The molecular formula is C17H14O5. The highest BCUT2D eigenvalue weighted by atomic mass is 16.5. The lowest BCUT2D eigenvalue weighted by atomic mass is 9.99. The van der Waals surface area contributed by atoms with Crippen LogP contribution in [0.15, 0.2) is 34.3 Å². The van der Waals surface area contributed by atoms with Gasteiger partial charge in [0.25, 0.3) is 0 Å². The highest BCUT2D eigenvalue weighted by molar-refractivity contribution is 6.36. The molecule has 1 heterocycles. The Balaban J connectivity index is 2.38. The van der Waals surface area contributed by atoms with Gasteiger partial charge in [-0.3, -0.25) is 14.4 Å². The van der Waals surface area contributed by atoms with Crippen molar-refractivity contribution in [2.45, 2.75) is 26.7 Å². The van der Waals surface area contributed by atoms with Gasteiger partial charge in [0.2, 0.25) is 0 Å². The van der Waals surface area contributed by atoms with Crippen molar-refractivity contribution in [3.63, 3.8) is 0 Å². The number of hydrogen-bond donors (Lipinski definition) is 1. The fourth-order valence-corrected chi connectivity index (χ4v) is 2.81. The number of carbonyl (C=O) groups excluding carboxylic acids is 2. The topological polar surface area (TPSA) is 80.7 Å². The molecule has 0 aromatic heterocycles. The maximum Gasteiger partial charge on any atom is 0.198 e. The van der Waals surface area contributed by atoms with Gasteiger partial charge in [0.1, 0.15) is 5.76 Å². The molecule has 5 nitrogen and oxygen atoms in total. The minimum atomic E-state index is -0.514. The minimum Gasteiger partial charge on any atom is -0.504 e. The summed E-state index contributed by atoms with van der Waals surface area (Å²) in [5.41, 5.74) is 0.432. The van der Waals surface area contributed by atoms with Crippen LogP contribution in [0.5, 0.6) is 11.5 Å². The Labute approximate surface area is 126 Å². The quantitative estimate of drug-likeness (QED) is 0.866. The molecule has 0 bridgehead atoms. The number of hydrogen-bond acceptors (Lipinski definition) is 5. The Kier molecular flexibility index (Phi) is 3.20. The fourth-order valence-electron chi connectivity index (χ4n) is 2.81. The van der Waals surface area contributed by atoms with Crippen molar-refractivity contribution in [3.05, 3.63) is 50.9 Å². The monoisotopic (exact) mass is 298 g/mol. The maximum atomic E-state index is 12.6. The molecule has 0 amide bonds. The summed E-state index contributed by atoms with van der Waals surface area (Å²) in [6.45, 7) is 3.51. The summed E-state index contributed by atoms with van der Waals surface area (Å²) >= 11 is 0. The van der Waals surface area contributed by atoms with Gasteiger partial charge in [0, 0.05) is 29.2 Å². The standard InChI is InChI=1S/C17H14O5/c1-3-4-12(19)15-10-5-8(2)22-17-13(20)7-9(18)6-11(14(10)17)16(15)21/h5-7,20H,3-4H2,1-2H3. The second kappa shape index (κ2) is 4.94. The van der Waals surface area contributed by atoms with Gasteiger partial charge in [-0.05, 0) is 25.5 Å². The van der Waals surface area contributed by atoms with Crippen molar-refractivity contribution in [3.8, 4) is 11.5 Å². The van der Waals surface area contributed by atoms with Crippen LogP contribution in [0.2, 0.25) is 0 Å². The first-order valence-corrected chi connectivity index (χ1v) is 7.04. The van der Waals surface area contributed by atoms with E-state index >= 15 is 0 Å². The summed E-state index contributed by atoms with van der Waals surface area (Å²) < 4.78 is 5.48. The van der Waals surface area contributed by atoms with Crippen LogP contribution in [0.4, 0.5) is 0 Å². The molecule has 1 aromatic carbocycles. The molecule has 2 aliphatic rings. The molecule has 1 aliphatic heterocycles. The Morgan fingerprint density at radius 2 is 2.00 bits per heavy atom. The summed E-state index contributed by atoms with van der Waals surface area (Å²) in [4.78, 5) is 36.7. The minimum absolute atomic E-state index is 0.0553. The van der Waals surface area contributed by atoms with Gasteiger partial charge in [0.15, 0.2) is 28.5 Å². The Bertz CT molecular complexity index is 843. The Morgan fingerprint density at radius 1 is 1.27 bits per heavy atom. The van der Waals surface area contributed by atoms with E-state index in [0.29, 0.717) is 23.3 Å². The average Bonchev–Trinajstić information content (AvgIpc) is 2.62. The summed E-state index contributed by atoms with van der Waals surface area (Å²) in [5.74, 6) is -0.580. The van der Waals surface area contributed by atoms with Crippen molar-refractivity contribution < 1.29 is 19.4 Å². The number of carbonyl (C=O) groups is 2. The van der Waals surface area contributed by atoms with Gasteiger partial charge in [0.05, 0.1) is 5.57 Å². The Hall–Kier alpha value is -2.69. The molecular weight excluding hydrogens is 284 g/mol. The molecule has 0 spiro atoms. The Morgan fingerprint density at radius 3 is 2.68 bits per heavy atom. The SMILES string of the molecule is CCCC(=O)C1=C2C=C(C)Oc3c(O)cc(=O)cc(c32)C1=O. The molecule has 0 saturated heterocycles. The first kappa shape index (κ1) is 14.3. The average molecular weight is 298 g/mol. The molecule has 1 aromatic rings. The first-order valence-electron chi connectivity index (χ1n) is 7.04. The number of aromatic hydroxyl groups is 1. The summed E-state index contributed by atoms with van der Waals surface area (Å²) in [7, 11) is 0. The number of rotatable bonds is 3. The van der Waals surface area contributed by atoms with E-state index in [1.165, 1.54) is 0 Å². The van der Waals surface area contributed by atoms with Gasteiger partial charge in [-0.15, -0.1) is 0 Å². The third-order valence-corrected chi connectivity index (χ3v) is 3.67. The number of Topliss-reactive ketones (excluding diaryl/α,β-unsaturated/α-hetero) is 2. The molecule has 1 N–H and O–H groups in total. The molecule has 22 heavy (non-hydrogen) atoms. The summed E-state index contributed by atoms with van der Waals surface area (Å²) in [5, 5.41) is 10.0. The van der Waals surface area contributed by atoms with Crippen molar-refractivity contribution >= 4 is 17.1 Å². The zero-order valence-corrected chi connectivity index (χ0v) is 12.2. The summed E-state index contributed by atoms with van der Waals surface area (Å²) in [6, 6.07) is 2.15. The lowest BCUT2D eigenvalue weighted by molar-refractivity contribution is -0.115. The van der Waals surface area contributed by atoms with Gasteiger partial charge < -0.3 is 9.84 Å². The molecule has 0 atom stereocenters. The maximum absolute atomic E-state index is 12.6. The molecule has 1 aliphatic carbocycles. The third kappa shape index (κ3) is 1.97. The van der Waals surface area contributed by atoms with Gasteiger partial charge in [-0.1, -0.05) is 6.92 Å². The number of ether oxygens (including phenoxy) is 1. The zero-order chi connectivity index (χ0) is 16.0. The van der Waals surface area contributed by atoms with Gasteiger partial charge in [-0.25, -0.2) is 0 Å². The first-order chi connectivity index (χ1) is 10.4. The molecule has 5 heteroatoms. The molecule has 0 saturated carbocycles. The highest BCUT2D eigenvalue weighted by Crippen LogP contribution is 2.46. The fraction of sp³-hybridized carbons (Fsp3) is 0.235. The van der Waals surface area contributed by atoms with Crippen LogP contribution in [0, 0.1) is 0 Å². The second-order valence-electron chi connectivity index (χ2n) is 5.34. The van der Waals surface area contributed by atoms with Crippen molar-refractivity contribution in [1.82, 2.24) is 0 Å². The third-order valence-electron chi connectivity index (χ3n) is 3.67.